The Labute approximate surface area is 125 Å². The summed E-state index contributed by atoms with van der Waals surface area (Å²) in [5.41, 5.74) is 1.97. The minimum absolute atomic E-state index is 0.0726. The molecule has 0 N–H and O–H groups in total. The van der Waals surface area contributed by atoms with Gasteiger partial charge in [-0.2, -0.15) is 0 Å². The van der Waals surface area contributed by atoms with Crippen LogP contribution in [0.4, 0.5) is 5.69 Å². The molecule has 1 aromatic heterocycles. The van der Waals surface area contributed by atoms with Crippen LogP contribution in [0.15, 0.2) is 24.3 Å². The Balaban J connectivity index is 2.02. The maximum atomic E-state index is 12.6. The topological polar surface area (TPSA) is 91.4 Å². The van der Waals surface area contributed by atoms with Crippen LogP contribution in [-0.2, 0) is 18.3 Å². The zero-order chi connectivity index (χ0) is 16.0. The number of hydrogen-bond donors (Lipinski definition) is 0. The van der Waals surface area contributed by atoms with Crippen molar-refractivity contribution in [3.63, 3.8) is 0 Å². The maximum absolute atomic E-state index is 12.6. The van der Waals surface area contributed by atoms with Crippen molar-refractivity contribution in [1.29, 1.82) is 0 Å². The van der Waals surface area contributed by atoms with Gasteiger partial charge in [0.05, 0.1) is 22.7 Å². The van der Waals surface area contributed by atoms with E-state index in [1.807, 2.05) is 0 Å². The summed E-state index contributed by atoms with van der Waals surface area (Å²) in [5.74, 6) is -0.156. The largest absolute Gasteiger partial charge is 0.424 e. The van der Waals surface area contributed by atoms with Gasteiger partial charge in [0.1, 0.15) is 0 Å². The molecule has 7 heteroatoms. The first-order valence-electron chi connectivity index (χ1n) is 6.58. The van der Waals surface area contributed by atoms with Crippen LogP contribution in [-0.4, -0.2) is 21.2 Å². The molecule has 0 spiro atoms. The van der Waals surface area contributed by atoms with Gasteiger partial charge < -0.3 is 9.30 Å². The number of fused-ring (bicyclic) bond motifs is 1. The smallest absolute Gasteiger partial charge is 0.317 e. The van der Waals surface area contributed by atoms with E-state index in [4.69, 9.17) is 4.74 Å². The summed E-state index contributed by atoms with van der Waals surface area (Å²) >= 11 is 0. The van der Waals surface area contributed by atoms with E-state index in [-0.39, 0.29) is 23.9 Å². The third-order valence-corrected chi connectivity index (χ3v) is 3.78. The summed E-state index contributed by atoms with van der Waals surface area (Å²) < 4.78 is 6.79. The third-order valence-electron chi connectivity index (χ3n) is 3.78. The first kappa shape index (κ1) is 14.0. The first-order valence-corrected chi connectivity index (χ1v) is 6.58. The summed E-state index contributed by atoms with van der Waals surface area (Å²) in [7, 11) is 1.70. The Morgan fingerprint density at radius 3 is 2.50 bits per heavy atom. The van der Waals surface area contributed by atoms with Crippen LogP contribution in [0, 0.1) is 17.0 Å². The fourth-order valence-corrected chi connectivity index (χ4v) is 2.68. The summed E-state index contributed by atoms with van der Waals surface area (Å²) in [4.78, 5) is 34.1. The second kappa shape index (κ2) is 4.80. The van der Waals surface area contributed by atoms with Gasteiger partial charge in [-0.25, -0.2) is 0 Å². The van der Waals surface area contributed by atoms with Gasteiger partial charge in [0.15, 0.2) is 5.75 Å². The molecule has 1 aliphatic heterocycles. The number of esters is 1. The fraction of sp³-hybridized carbons (Fsp3) is 0.200. The zero-order valence-corrected chi connectivity index (χ0v) is 12.0. The Hall–Kier alpha value is -2.96. The van der Waals surface area contributed by atoms with Crippen LogP contribution in [0.25, 0.3) is 0 Å². The van der Waals surface area contributed by atoms with Gasteiger partial charge in [-0.1, -0.05) is 0 Å². The summed E-state index contributed by atoms with van der Waals surface area (Å²) in [6.07, 6.45) is 0.139. The van der Waals surface area contributed by atoms with Crippen molar-refractivity contribution in [2.24, 2.45) is 7.05 Å². The molecule has 0 atom stereocenters. The minimum atomic E-state index is -0.518. The van der Waals surface area contributed by atoms with Gasteiger partial charge in [-0.05, 0) is 19.1 Å². The lowest BCUT2D eigenvalue weighted by molar-refractivity contribution is -0.384. The summed E-state index contributed by atoms with van der Waals surface area (Å²) in [6.45, 7) is 1.72. The first-order chi connectivity index (χ1) is 10.4. The lowest BCUT2D eigenvalue weighted by Gasteiger charge is -2.06. The van der Waals surface area contributed by atoms with E-state index in [1.165, 1.54) is 24.3 Å². The molecule has 0 saturated heterocycles. The van der Waals surface area contributed by atoms with Gasteiger partial charge in [0, 0.05) is 30.3 Å². The molecule has 1 aliphatic rings. The van der Waals surface area contributed by atoms with Crippen LogP contribution in [0.1, 0.15) is 27.3 Å². The van der Waals surface area contributed by atoms with Gasteiger partial charge in [0.2, 0.25) is 5.78 Å². The second-order valence-corrected chi connectivity index (χ2v) is 5.09. The standard InChI is InChI=1S/C15H12N2O5/c1-8-13(16(2)11-7-12(18)22-15(8)11)14(19)9-3-5-10(6-4-9)17(20)21/h3-6H,7H2,1-2H3. The average Bonchev–Trinajstić information content (AvgIpc) is 2.97. The Morgan fingerprint density at radius 2 is 1.95 bits per heavy atom. The molecule has 0 radical (unpaired) electrons. The number of nitro groups is 1. The van der Waals surface area contributed by atoms with Crippen molar-refractivity contribution in [3.8, 4) is 5.75 Å². The quantitative estimate of drug-likeness (QED) is 0.374. The fourth-order valence-electron chi connectivity index (χ4n) is 2.68. The summed E-state index contributed by atoms with van der Waals surface area (Å²) in [5, 5.41) is 10.7. The number of carbonyl (C=O) groups is 2. The molecular formula is C15H12N2O5. The van der Waals surface area contributed by atoms with E-state index in [2.05, 4.69) is 0 Å². The number of nitrogens with zero attached hydrogens (tertiary/aromatic N) is 2. The Bertz CT molecular complexity index is 786. The second-order valence-electron chi connectivity index (χ2n) is 5.09. The lowest BCUT2D eigenvalue weighted by atomic mass is 10.1. The number of aromatic nitrogens is 1. The van der Waals surface area contributed by atoms with Crippen LogP contribution >= 0.6 is 0 Å². The molecule has 0 unspecified atom stereocenters. The highest BCUT2D eigenvalue weighted by Gasteiger charge is 2.32. The van der Waals surface area contributed by atoms with Crippen molar-refractivity contribution in [2.45, 2.75) is 13.3 Å². The van der Waals surface area contributed by atoms with Crippen molar-refractivity contribution in [3.05, 3.63) is 56.9 Å². The molecule has 3 rings (SSSR count). The van der Waals surface area contributed by atoms with E-state index in [0.29, 0.717) is 28.3 Å². The number of ether oxygens (including phenoxy) is 1. The molecule has 112 valence electrons. The molecule has 22 heavy (non-hydrogen) atoms. The van der Waals surface area contributed by atoms with Crippen molar-refractivity contribution in [1.82, 2.24) is 4.57 Å². The number of benzene rings is 1. The molecule has 0 bridgehead atoms. The van der Waals surface area contributed by atoms with Crippen molar-refractivity contribution >= 4 is 17.4 Å². The summed E-state index contributed by atoms with van der Waals surface area (Å²) in [6, 6.07) is 5.42. The number of non-ortho nitro benzene ring substituents is 1. The number of carbonyl (C=O) groups excluding carboxylic acids is 2. The van der Waals surface area contributed by atoms with Gasteiger partial charge in [0.25, 0.3) is 5.69 Å². The number of rotatable bonds is 3. The van der Waals surface area contributed by atoms with E-state index >= 15 is 0 Å². The molecule has 2 aromatic rings. The molecule has 0 fully saturated rings. The molecule has 0 aliphatic carbocycles. The molecule has 2 heterocycles. The van der Waals surface area contributed by atoms with Gasteiger partial charge >= 0.3 is 5.97 Å². The average molecular weight is 300 g/mol. The van der Waals surface area contributed by atoms with E-state index in [1.54, 1.807) is 18.5 Å². The van der Waals surface area contributed by atoms with Crippen LogP contribution in [0.3, 0.4) is 0 Å². The predicted molar refractivity (Wildman–Crippen MR) is 76.0 cm³/mol. The van der Waals surface area contributed by atoms with E-state index < -0.39 is 4.92 Å². The van der Waals surface area contributed by atoms with Crippen molar-refractivity contribution < 1.29 is 19.2 Å². The number of ketones is 1. The van der Waals surface area contributed by atoms with Crippen LogP contribution in [0.2, 0.25) is 0 Å². The number of hydrogen-bond acceptors (Lipinski definition) is 5. The Morgan fingerprint density at radius 1 is 1.32 bits per heavy atom. The Kier molecular flexibility index (Phi) is 3.05. The van der Waals surface area contributed by atoms with Crippen molar-refractivity contribution in [2.75, 3.05) is 0 Å². The van der Waals surface area contributed by atoms with E-state index in [0.717, 1.165) is 0 Å². The van der Waals surface area contributed by atoms with Gasteiger partial charge in [-0.15, -0.1) is 0 Å². The monoisotopic (exact) mass is 300 g/mol. The van der Waals surface area contributed by atoms with Crippen LogP contribution in [0.5, 0.6) is 5.75 Å². The minimum Gasteiger partial charge on any atom is -0.424 e. The highest BCUT2D eigenvalue weighted by Crippen LogP contribution is 2.35. The predicted octanol–water partition coefficient (Wildman–Crippen LogP) is 1.93. The van der Waals surface area contributed by atoms with Gasteiger partial charge in [-0.3, -0.25) is 19.7 Å². The third kappa shape index (κ3) is 1.98. The highest BCUT2D eigenvalue weighted by molar-refractivity contribution is 6.10. The molecule has 7 nitrogen and oxygen atoms in total. The molecule has 1 aromatic carbocycles. The highest BCUT2D eigenvalue weighted by atomic mass is 16.6. The van der Waals surface area contributed by atoms with E-state index in [9.17, 15) is 19.7 Å². The normalized spacial score (nSPS) is 12.9. The molecule has 0 saturated carbocycles. The molecular weight excluding hydrogens is 288 g/mol. The maximum Gasteiger partial charge on any atom is 0.317 e. The molecule has 0 amide bonds. The van der Waals surface area contributed by atoms with Crippen LogP contribution < -0.4 is 4.74 Å². The zero-order valence-electron chi connectivity index (χ0n) is 12.0. The SMILES string of the molecule is Cc1c2c(n(C)c1C(=O)c1ccc([N+](=O)[O-])cc1)CC(=O)O2. The lowest BCUT2D eigenvalue weighted by Crippen LogP contribution is -2.13. The number of nitro benzene ring substituents is 1.